The van der Waals surface area contributed by atoms with Crippen molar-refractivity contribution in [3.05, 3.63) is 48.2 Å². The predicted molar refractivity (Wildman–Crippen MR) is 93.7 cm³/mol. The molecular weight excluding hydrogens is 370 g/mol. The van der Waals surface area contributed by atoms with Crippen LogP contribution in [0.15, 0.2) is 45.5 Å². The summed E-state index contributed by atoms with van der Waals surface area (Å²) < 4.78 is 25.4. The van der Waals surface area contributed by atoms with Crippen molar-refractivity contribution in [2.75, 3.05) is 20.8 Å². The van der Waals surface area contributed by atoms with E-state index in [1.807, 2.05) is 0 Å². The van der Waals surface area contributed by atoms with Gasteiger partial charge in [0.15, 0.2) is 23.9 Å². The second-order valence-corrected chi connectivity index (χ2v) is 5.40. The summed E-state index contributed by atoms with van der Waals surface area (Å²) in [6.45, 7) is -0.550. The average Bonchev–Trinajstić information content (AvgIpc) is 3.42. The van der Waals surface area contributed by atoms with E-state index in [2.05, 4.69) is 15.5 Å². The summed E-state index contributed by atoms with van der Waals surface area (Å²) in [6, 6.07) is 8.20. The third-order valence-corrected chi connectivity index (χ3v) is 3.60. The van der Waals surface area contributed by atoms with Crippen LogP contribution < -0.4 is 14.8 Å². The molecule has 0 spiro atoms. The van der Waals surface area contributed by atoms with Gasteiger partial charge in [-0.25, -0.2) is 0 Å². The smallest absolute Gasteiger partial charge is 0.325 e. The highest BCUT2D eigenvalue weighted by Gasteiger charge is 2.15. The van der Waals surface area contributed by atoms with Crippen LogP contribution in [-0.4, -0.2) is 42.8 Å². The van der Waals surface area contributed by atoms with E-state index in [4.69, 9.17) is 23.2 Å². The molecule has 2 aromatic heterocycles. The molecule has 0 saturated heterocycles. The van der Waals surface area contributed by atoms with Gasteiger partial charge in [0, 0.05) is 5.56 Å². The minimum Gasteiger partial charge on any atom is -0.493 e. The molecule has 28 heavy (non-hydrogen) atoms. The maximum atomic E-state index is 11.7. The number of methoxy groups -OCH3 is 2. The number of aromatic nitrogens is 2. The molecule has 0 aliphatic carbocycles. The van der Waals surface area contributed by atoms with Crippen LogP contribution in [0.1, 0.15) is 16.4 Å². The van der Waals surface area contributed by atoms with Crippen LogP contribution in [0.3, 0.4) is 0 Å². The van der Waals surface area contributed by atoms with E-state index in [1.165, 1.54) is 26.5 Å². The number of nitrogens with zero attached hydrogens (tertiary/aromatic N) is 2. The number of nitrogens with one attached hydrogen (secondary N) is 1. The molecule has 0 aliphatic heterocycles. The molecule has 0 bridgehead atoms. The first-order chi connectivity index (χ1) is 13.6. The van der Waals surface area contributed by atoms with E-state index in [-0.39, 0.29) is 24.8 Å². The molecule has 1 aromatic carbocycles. The van der Waals surface area contributed by atoms with E-state index >= 15 is 0 Å². The maximum absolute atomic E-state index is 11.7. The van der Waals surface area contributed by atoms with Crippen LogP contribution in [0.25, 0.3) is 11.4 Å². The first-order valence-corrected chi connectivity index (χ1v) is 8.13. The Morgan fingerprint density at radius 3 is 2.68 bits per heavy atom. The van der Waals surface area contributed by atoms with E-state index in [1.54, 1.807) is 24.3 Å². The normalized spacial score (nSPS) is 10.4. The van der Waals surface area contributed by atoms with Crippen molar-refractivity contribution >= 4 is 11.9 Å². The second kappa shape index (κ2) is 8.71. The van der Waals surface area contributed by atoms with Gasteiger partial charge in [0.25, 0.3) is 11.8 Å². The van der Waals surface area contributed by atoms with Crippen molar-refractivity contribution in [1.29, 1.82) is 0 Å². The molecule has 0 fully saturated rings. The number of esters is 1. The maximum Gasteiger partial charge on any atom is 0.325 e. The first-order valence-electron chi connectivity index (χ1n) is 8.13. The molecule has 2 heterocycles. The SMILES string of the molecule is COc1ccc(-c2noc(COC(=O)CNC(=O)c3ccco3)n2)cc1OC. The monoisotopic (exact) mass is 387 g/mol. The molecule has 0 unspecified atom stereocenters. The number of rotatable bonds is 8. The van der Waals surface area contributed by atoms with Crippen LogP contribution in [0, 0.1) is 0 Å². The summed E-state index contributed by atoms with van der Waals surface area (Å²) in [6.07, 6.45) is 1.36. The molecule has 0 atom stereocenters. The van der Waals surface area contributed by atoms with E-state index < -0.39 is 11.9 Å². The van der Waals surface area contributed by atoms with E-state index in [0.717, 1.165) is 0 Å². The Balaban J connectivity index is 1.53. The van der Waals surface area contributed by atoms with Crippen LogP contribution in [-0.2, 0) is 16.1 Å². The fraction of sp³-hybridized carbons (Fsp3) is 0.222. The van der Waals surface area contributed by atoms with Gasteiger partial charge in [-0.15, -0.1) is 0 Å². The number of carbonyl (C=O) groups is 2. The Kier molecular flexibility index (Phi) is 5.90. The van der Waals surface area contributed by atoms with Crippen molar-refractivity contribution in [2.45, 2.75) is 6.61 Å². The molecule has 3 aromatic rings. The Morgan fingerprint density at radius 2 is 1.96 bits per heavy atom. The van der Waals surface area contributed by atoms with Crippen LogP contribution in [0.4, 0.5) is 0 Å². The molecular formula is C18H17N3O7. The molecule has 0 saturated carbocycles. The van der Waals surface area contributed by atoms with Crippen molar-refractivity contribution in [2.24, 2.45) is 0 Å². The minimum atomic E-state index is -0.661. The number of furan rings is 1. The molecule has 0 radical (unpaired) electrons. The summed E-state index contributed by atoms with van der Waals surface area (Å²) >= 11 is 0. The molecule has 1 N–H and O–H groups in total. The zero-order valence-corrected chi connectivity index (χ0v) is 15.1. The van der Waals surface area contributed by atoms with Crippen molar-refractivity contribution in [3.63, 3.8) is 0 Å². The van der Waals surface area contributed by atoms with Crippen molar-refractivity contribution in [3.8, 4) is 22.9 Å². The predicted octanol–water partition coefficient (Wildman–Crippen LogP) is 1.82. The standard InChI is InChI=1S/C18H17N3O7/c1-24-12-6-5-11(8-14(12)25-2)17-20-15(28-21-17)10-27-16(22)9-19-18(23)13-4-3-7-26-13/h3-8H,9-10H2,1-2H3,(H,19,23). The minimum absolute atomic E-state index is 0.101. The van der Waals surface area contributed by atoms with Gasteiger partial charge in [-0.1, -0.05) is 5.16 Å². The molecule has 10 nitrogen and oxygen atoms in total. The Morgan fingerprint density at radius 1 is 1.14 bits per heavy atom. The molecule has 0 aliphatic rings. The zero-order chi connectivity index (χ0) is 19.9. The largest absolute Gasteiger partial charge is 0.493 e. The molecule has 10 heteroatoms. The number of hydrogen-bond acceptors (Lipinski definition) is 9. The van der Waals surface area contributed by atoms with Gasteiger partial charge in [0.1, 0.15) is 6.54 Å². The van der Waals surface area contributed by atoms with Gasteiger partial charge in [0.05, 0.1) is 20.5 Å². The van der Waals surface area contributed by atoms with Crippen LogP contribution in [0.2, 0.25) is 0 Å². The van der Waals surface area contributed by atoms with Gasteiger partial charge >= 0.3 is 5.97 Å². The highest BCUT2D eigenvalue weighted by molar-refractivity contribution is 5.93. The summed E-state index contributed by atoms with van der Waals surface area (Å²) in [5.41, 5.74) is 0.643. The summed E-state index contributed by atoms with van der Waals surface area (Å²) in [5, 5.41) is 6.22. The number of benzene rings is 1. The molecule has 3 rings (SSSR count). The van der Waals surface area contributed by atoms with E-state index in [9.17, 15) is 9.59 Å². The highest BCUT2D eigenvalue weighted by atomic mass is 16.6. The van der Waals surface area contributed by atoms with Crippen LogP contribution in [0.5, 0.6) is 11.5 Å². The van der Waals surface area contributed by atoms with Crippen molar-refractivity contribution < 1.29 is 32.7 Å². The quantitative estimate of drug-likeness (QED) is 0.576. The first kappa shape index (κ1) is 19.0. The lowest BCUT2D eigenvalue weighted by atomic mass is 10.2. The lowest BCUT2D eigenvalue weighted by molar-refractivity contribution is -0.144. The fourth-order valence-electron chi connectivity index (χ4n) is 2.25. The summed E-state index contributed by atoms with van der Waals surface area (Å²) in [7, 11) is 3.06. The van der Waals surface area contributed by atoms with Gasteiger partial charge in [-0.05, 0) is 30.3 Å². The Hall–Kier alpha value is -3.82. The Labute approximate surface area is 159 Å². The highest BCUT2D eigenvalue weighted by Crippen LogP contribution is 2.31. The topological polar surface area (TPSA) is 126 Å². The van der Waals surface area contributed by atoms with Gasteiger partial charge < -0.3 is 28.5 Å². The summed E-state index contributed by atoms with van der Waals surface area (Å²) in [5.74, 6) is 0.421. The number of amides is 1. The third-order valence-electron chi connectivity index (χ3n) is 3.60. The Bertz CT molecular complexity index is 950. The fourth-order valence-corrected chi connectivity index (χ4v) is 2.25. The van der Waals surface area contributed by atoms with Crippen molar-refractivity contribution in [1.82, 2.24) is 15.5 Å². The molecule has 146 valence electrons. The average molecular weight is 387 g/mol. The number of ether oxygens (including phenoxy) is 3. The number of hydrogen-bond donors (Lipinski definition) is 1. The number of carbonyl (C=O) groups excluding carboxylic acids is 2. The lowest BCUT2D eigenvalue weighted by Crippen LogP contribution is -2.30. The summed E-state index contributed by atoms with van der Waals surface area (Å²) in [4.78, 5) is 27.6. The van der Waals surface area contributed by atoms with Gasteiger partial charge in [-0.3, -0.25) is 9.59 Å². The van der Waals surface area contributed by atoms with Gasteiger partial charge in [-0.2, -0.15) is 4.98 Å². The van der Waals surface area contributed by atoms with Gasteiger partial charge in [0.2, 0.25) is 5.82 Å². The second-order valence-electron chi connectivity index (χ2n) is 5.40. The third kappa shape index (κ3) is 4.47. The lowest BCUT2D eigenvalue weighted by Gasteiger charge is -2.07. The van der Waals surface area contributed by atoms with Crippen LogP contribution >= 0.6 is 0 Å². The van der Waals surface area contributed by atoms with E-state index in [0.29, 0.717) is 22.9 Å². The zero-order valence-electron chi connectivity index (χ0n) is 15.1. The molecule has 1 amide bonds.